The Morgan fingerprint density at radius 3 is 2.35 bits per heavy atom. The van der Waals surface area contributed by atoms with Crippen molar-refractivity contribution < 1.29 is 4.74 Å². The van der Waals surface area contributed by atoms with Crippen LogP contribution in [0, 0.1) is 12.8 Å². The molecule has 0 aliphatic heterocycles. The van der Waals surface area contributed by atoms with E-state index < -0.39 is 0 Å². The number of hydrogen-bond donors (Lipinski definition) is 1. The fourth-order valence-electron chi connectivity index (χ4n) is 2.76. The molecule has 0 aliphatic carbocycles. The highest BCUT2D eigenvalue weighted by Crippen LogP contribution is 2.34. The van der Waals surface area contributed by atoms with Gasteiger partial charge < -0.3 is 10.1 Å². The number of methoxy groups -OCH3 is 1. The van der Waals surface area contributed by atoms with E-state index in [1.165, 1.54) is 11.1 Å². The number of ether oxygens (including phenoxy) is 1. The minimum Gasteiger partial charge on any atom is -0.496 e. The summed E-state index contributed by atoms with van der Waals surface area (Å²) in [6.07, 6.45) is 2.28. The average molecular weight is 277 g/mol. The Kier molecular flexibility index (Phi) is 6.54. The molecule has 1 rings (SSSR count). The average Bonchev–Trinajstić information content (AvgIpc) is 2.44. The van der Waals surface area contributed by atoms with Gasteiger partial charge in [-0.15, -0.1) is 0 Å². The lowest BCUT2D eigenvalue weighted by Crippen LogP contribution is -2.38. The highest BCUT2D eigenvalue weighted by atomic mass is 16.5. The number of nitrogens with one attached hydrogen (secondary N) is 1. The zero-order chi connectivity index (χ0) is 15.2. The van der Waals surface area contributed by atoms with E-state index in [9.17, 15) is 0 Å². The summed E-state index contributed by atoms with van der Waals surface area (Å²) in [6, 6.07) is 6.66. The van der Waals surface area contributed by atoms with Gasteiger partial charge in [0, 0.05) is 12.0 Å². The summed E-state index contributed by atoms with van der Waals surface area (Å²) in [4.78, 5) is 0. The number of hydrogen-bond acceptors (Lipinski definition) is 2. The van der Waals surface area contributed by atoms with Crippen molar-refractivity contribution in [2.75, 3.05) is 20.2 Å². The van der Waals surface area contributed by atoms with Crippen molar-refractivity contribution in [3.8, 4) is 5.75 Å². The minimum atomic E-state index is 0.204. The number of rotatable bonds is 8. The molecule has 2 heteroatoms. The molecule has 0 fully saturated rings. The van der Waals surface area contributed by atoms with Gasteiger partial charge in [0.15, 0.2) is 0 Å². The van der Waals surface area contributed by atoms with Crippen LogP contribution in [0.5, 0.6) is 5.75 Å². The molecule has 20 heavy (non-hydrogen) atoms. The third-order valence-corrected chi connectivity index (χ3v) is 4.39. The van der Waals surface area contributed by atoms with Gasteiger partial charge in [-0.05, 0) is 49.4 Å². The predicted octanol–water partition coefficient (Wildman–Crippen LogP) is 4.31. The van der Waals surface area contributed by atoms with Crippen molar-refractivity contribution in [2.45, 2.75) is 52.9 Å². The number of benzene rings is 1. The summed E-state index contributed by atoms with van der Waals surface area (Å²) in [5.74, 6) is 1.69. The number of aryl methyl sites for hydroxylation is 1. The van der Waals surface area contributed by atoms with Crippen LogP contribution in [-0.2, 0) is 5.41 Å². The van der Waals surface area contributed by atoms with Crippen LogP contribution in [0.4, 0.5) is 0 Å². The van der Waals surface area contributed by atoms with Crippen LogP contribution in [-0.4, -0.2) is 20.2 Å². The van der Waals surface area contributed by atoms with Crippen LogP contribution in [0.15, 0.2) is 18.2 Å². The SMILES string of the molecule is CCC(CC)(CNCC(C)C)c1ccc(C)c(OC)c1. The largest absolute Gasteiger partial charge is 0.496 e. The standard InChI is InChI=1S/C18H31NO/c1-7-18(8-2,13-19-12-14(3)4)16-10-9-15(5)17(11-16)20-6/h9-11,14,19H,7-8,12-13H2,1-6H3. The fraction of sp³-hybridized carbons (Fsp3) is 0.667. The van der Waals surface area contributed by atoms with Crippen molar-refractivity contribution in [1.82, 2.24) is 5.32 Å². The van der Waals surface area contributed by atoms with Crippen LogP contribution in [0.1, 0.15) is 51.7 Å². The van der Waals surface area contributed by atoms with Crippen molar-refractivity contribution in [1.29, 1.82) is 0 Å². The van der Waals surface area contributed by atoms with E-state index in [4.69, 9.17) is 4.74 Å². The van der Waals surface area contributed by atoms with E-state index in [0.29, 0.717) is 5.92 Å². The molecule has 0 spiro atoms. The van der Waals surface area contributed by atoms with Gasteiger partial charge in [0.25, 0.3) is 0 Å². The first-order chi connectivity index (χ1) is 9.49. The lowest BCUT2D eigenvalue weighted by Gasteiger charge is -2.33. The van der Waals surface area contributed by atoms with Crippen molar-refractivity contribution in [2.24, 2.45) is 5.92 Å². The molecule has 0 atom stereocenters. The van der Waals surface area contributed by atoms with Crippen LogP contribution in [0.25, 0.3) is 0 Å². The lowest BCUT2D eigenvalue weighted by molar-refractivity contribution is 0.355. The van der Waals surface area contributed by atoms with Gasteiger partial charge in [0.05, 0.1) is 7.11 Å². The maximum absolute atomic E-state index is 5.49. The molecule has 0 amide bonds. The Balaban J connectivity index is 2.99. The van der Waals surface area contributed by atoms with E-state index in [2.05, 4.69) is 58.1 Å². The third-order valence-electron chi connectivity index (χ3n) is 4.39. The third kappa shape index (κ3) is 3.99. The van der Waals surface area contributed by atoms with Gasteiger partial charge >= 0.3 is 0 Å². The quantitative estimate of drug-likeness (QED) is 0.764. The zero-order valence-electron chi connectivity index (χ0n) is 14.0. The Bertz CT molecular complexity index is 408. The van der Waals surface area contributed by atoms with Crippen LogP contribution < -0.4 is 10.1 Å². The van der Waals surface area contributed by atoms with E-state index in [0.717, 1.165) is 31.7 Å². The summed E-state index contributed by atoms with van der Waals surface area (Å²) >= 11 is 0. The second kappa shape index (κ2) is 7.68. The van der Waals surface area contributed by atoms with Gasteiger partial charge in [-0.1, -0.05) is 39.8 Å². The second-order valence-corrected chi connectivity index (χ2v) is 6.20. The molecule has 0 saturated heterocycles. The molecule has 0 aliphatic rings. The molecule has 1 aromatic rings. The Labute approximate surface area is 124 Å². The Morgan fingerprint density at radius 2 is 1.85 bits per heavy atom. The predicted molar refractivity (Wildman–Crippen MR) is 87.7 cm³/mol. The lowest BCUT2D eigenvalue weighted by atomic mass is 9.75. The van der Waals surface area contributed by atoms with E-state index in [1.54, 1.807) is 7.11 Å². The molecule has 114 valence electrons. The molecular formula is C18H31NO. The van der Waals surface area contributed by atoms with Crippen molar-refractivity contribution in [3.63, 3.8) is 0 Å². The summed E-state index contributed by atoms with van der Waals surface area (Å²) < 4.78 is 5.49. The molecule has 0 radical (unpaired) electrons. The van der Waals surface area contributed by atoms with Gasteiger partial charge in [0.2, 0.25) is 0 Å². The van der Waals surface area contributed by atoms with Crippen molar-refractivity contribution in [3.05, 3.63) is 29.3 Å². The van der Waals surface area contributed by atoms with E-state index in [-0.39, 0.29) is 5.41 Å². The van der Waals surface area contributed by atoms with Crippen molar-refractivity contribution >= 4 is 0 Å². The monoisotopic (exact) mass is 277 g/mol. The molecule has 0 saturated carbocycles. The Morgan fingerprint density at radius 1 is 1.20 bits per heavy atom. The minimum absolute atomic E-state index is 0.204. The molecule has 1 aromatic carbocycles. The first-order valence-corrected chi connectivity index (χ1v) is 7.85. The molecular weight excluding hydrogens is 246 g/mol. The smallest absolute Gasteiger partial charge is 0.122 e. The highest BCUT2D eigenvalue weighted by molar-refractivity contribution is 5.40. The summed E-state index contributed by atoms with van der Waals surface area (Å²) in [7, 11) is 1.75. The molecule has 0 heterocycles. The van der Waals surface area contributed by atoms with E-state index in [1.807, 2.05) is 0 Å². The van der Waals surface area contributed by atoms with Gasteiger partial charge in [-0.3, -0.25) is 0 Å². The van der Waals surface area contributed by atoms with Gasteiger partial charge in [-0.25, -0.2) is 0 Å². The van der Waals surface area contributed by atoms with Crippen LogP contribution in [0.3, 0.4) is 0 Å². The van der Waals surface area contributed by atoms with Crippen LogP contribution >= 0.6 is 0 Å². The first-order valence-electron chi connectivity index (χ1n) is 7.85. The fourth-order valence-corrected chi connectivity index (χ4v) is 2.76. The van der Waals surface area contributed by atoms with Crippen LogP contribution in [0.2, 0.25) is 0 Å². The summed E-state index contributed by atoms with van der Waals surface area (Å²) in [5.41, 5.74) is 2.80. The molecule has 0 bridgehead atoms. The highest BCUT2D eigenvalue weighted by Gasteiger charge is 2.28. The first kappa shape index (κ1) is 17.0. The molecule has 0 aromatic heterocycles. The molecule has 1 N–H and O–H groups in total. The zero-order valence-corrected chi connectivity index (χ0v) is 14.0. The Hall–Kier alpha value is -1.02. The second-order valence-electron chi connectivity index (χ2n) is 6.20. The molecule has 0 unspecified atom stereocenters. The normalized spacial score (nSPS) is 11.9. The molecule has 2 nitrogen and oxygen atoms in total. The summed E-state index contributed by atoms with van der Waals surface area (Å²) in [5, 5.41) is 3.64. The van der Waals surface area contributed by atoms with E-state index >= 15 is 0 Å². The summed E-state index contributed by atoms with van der Waals surface area (Å²) in [6.45, 7) is 13.3. The van der Waals surface area contributed by atoms with Gasteiger partial charge in [0.1, 0.15) is 5.75 Å². The van der Waals surface area contributed by atoms with Gasteiger partial charge in [-0.2, -0.15) is 0 Å². The maximum Gasteiger partial charge on any atom is 0.122 e. The maximum atomic E-state index is 5.49. The topological polar surface area (TPSA) is 21.3 Å².